The molecule has 5 nitrogen and oxygen atoms in total. The molecule has 2 atom stereocenters. The van der Waals surface area contributed by atoms with Crippen LogP contribution in [0.5, 0.6) is 0 Å². The standard InChI is InChI=1S/C11H19NO4/c1-3-9(16-2)10(13)12-8(11(14)15)6-7-4-5-7/h7-9H,3-6H2,1-2H3,(H,12,13)(H,14,15). The van der Waals surface area contributed by atoms with Gasteiger partial charge in [0.2, 0.25) is 5.91 Å². The van der Waals surface area contributed by atoms with Crippen molar-refractivity contribution in [2.75, 3.05) is 7.11 Å². The zero-order valence-electron chi connectivity index (χ0n) is 9.73. The van der Waals surface area contributed by atoms with Crippen LogP contribution in [0.4, 0.5) is 0 Å². The van der Waals surface area contributed by atoms with Crippen LogP contribution >= 0.6 is 0 Å². The van der Waals surface area contributed by atoms with Crippen molar-refractivity contribution in [2.24, 2.45) is 5.92 Å². The highest BCUT2D eigenvalue weighted by Gasteiger charge is 2.31. The number of carboxylic acid groups (broad SMARTS) is 1. The number of carbonyl (C=O) groups excluding carboxylic acids is 1. The molecule has 1 aliphatic rings. The Morgan fingerprint density at radius 2 is 2.12 bits per heavy atom. The van der Waals surface area contributed by atoms with Crippen LogP contribution in [0.2, 0.25) is 0 Å². The van der Waals surface area contributed by atoms with Crippen LogP contribution in [0.3, 0.4) is 0 Å². The Morgan fingerprint density at radius 3 is 2.50 bits per heavy atom. The Labute approximate surface area is 95.2 Å². The molecule has 0 bridgehead atoms. The van der Waals surface area contributed by atoms with Crippen LogP contribution < -0.4 is 5.32 Å². The first-order valence-corrected chi connectivity index (χ1v) is 5.64. The average molecular weight is 229 g/mol. The lowest BCUT2D eigenvalue weighted by molar-refractivity contribution is -0.144. The molecule has 0 aromatic heterocycles. The molecular weight excluding hydrogens is 210 g/mol. The average Bonchev–Trinajstić information content (AvgIpc) is 3.02. The van der Waals surface area contributed by atoms with Crippen molar-refractivity contribution >= 4 is 11.9 Å². The van der Waals surface area contributed by atoms with Crippen LogP contribution in [-0.4, -0.2) is 36.2 Å². The zero-order valence-corrected chi connectivity index (χ0v) is 9.73. The molecule has 1 rings (SSSR count). The van der Waals surface area contributed by atoms with Crippen LogP contribution in [-0.2, 0) is 14.3 Å². The molecule has 0 saturated heterocycles. The second-order valence-electron chi connectivity index (χ2n) is 4.21. The Bertz CT molecular complexity index is 259. The number of carboxylic acids is 1. The summed E-state index contributed by atoms with van der Waals surface area (Å²) in [5.74, 6) is -0.840. The number of amides is 1. The summed E-state index contributed by atoms with van der Waals surface area (Å²) in [4.78, 5) is 22.6. The maximum Gasteiger partial charge on any atom is 0.326 e. The van der Waals surface area contributed by atoms with Crippen molar-refractivity contribution in [1.29, 1.82) is 0 Å². The molecule has 92 valence electrons. The van der Waals surface area contributed by atoms with Gasteiger partial charge in [0, 0.05) is 7.11 Å². The first-order chi connectivity index (χ1) is 7.58. The van der Waals surface area contributed by atoms with Gasteiger partial charge in [-0.3, -0.25) is 4.79 Å². The molecule has 0 spiro atoms. The van der Waals surface area contributed by atoms with E-state index in [1.807, 2.05) is 6.92 Å². The van der Waals surface area contributed by atoms with Gasteiger partial charge in [-0.15, -0.1) is 0 Å². The van der Waals surface area contributed by atoms with Gasteiger partial charge in [0.25, 0.3) is 0 Å². The summed E-state index contributed by atoms with van der Waals surface area (Å²) in [5.41, 5.74) is 0. The molecule has 1 aliphatic carbocycles. The number of aliphatic carboxylic acids is 1. The van der Waals surface area contributed by atoms with Crippen LogP contribution in [0.1, 0.15) is 32.6 Å². The van der Waals surface area contributed by atoms with E-state index in [9.17, 15) is 9.59 Å². The van der Waals surface area contributed by atoms with Crippen molar-refractivity contribution in [3.8, 4) is 0 Å². The van der Waals surface area contributed by atoms with E-state index < -0.39 is 18.1 Å². The van der Waals surface area contributed by atoms with Gasteiger partial charge in [-0.1, -0.05) is 19.8 Å². The minimum atomic E-state index is -0.966. The zero-order chi connectivity index (χ0) is 12.1. The summed E-state index contributed by atoms with van der Waals surface area (Å²) in [7, 11) is 1.45. The fourth-order valence-corrected chi connectivity index (χ4v) is 1.63. The minimum Gasteiger partial charge on any atom is -0.480 e. The van der Waals surface area contributed by atoms with E-state index >= 15 is 0 Å². The van der Waals surface area contributed by atoms with E-state index in [1.54, 1.807) is 0 Å². The van der Waals surface area contributed by atoms with Gasteiger partial charge < -0.3 is 15.2 Å². The lowest BCUT2D eigenvalue weighted by Gasteiger charge is -2.18. The molecule has 0 aromatic carbocycles. The number of hydrogen-bond acceptors (Lipinski definition) is 3. The molecule has 2 N–H and O–H groups in total. The second-order valence-corrected chi connectivity index (χ2v) is 4.21. The van der Waals surface area contributed by atoms with Crippen molar-refractivity contribution in [1.82, 2.24) is 5.32 Å². The largest absolute Gasteiger partial charge is 0.480 e. The number of nitrogens with one attached hydrogen (secondary N) is 1. The van der Waals surface area contributed by atoms with Gasteiger partial charge in [-0.05, 0) is 18.8 Å². The third kappa shape index (κ3) is 3.81. The summed E-state index contributed by atoms with van der Waals surface area (Å²) in [6.45, 7) is 1.82. The van der Waals surface area contributed by atoms with E-state index in [4.69, 9.17) is 9.84 Å². The van der Waals surface area contributed by atoms with Crippen LogP contribution in [0.15, 0.2) is 0 Å². The molecule has 2 unspecified atom stereocenters. The third-order valence-electron chi connectivity index (χ3n) is 2.83. The SMILES string of the molecule is CCC(OC)C(=O)NC(CC1CC1)C(=O)O. The fraction of sp³-hybridized carbons (Fsp3) is 0.818. The first-order valence-electron chi connectivity index (χ1n) is 5.64. The van der Waals surface area contributed by atoms with Crippen molar-refractivity contribution < 1.29 is 19.4 Å². The lowest BCUT2D eigenvalue weighted by atomic mass is 10.1. The smallest absolute Gasteiger partial charge is 0.326 e. The minimum absolute atomic E-state index is 0.335. The first kappa shape index (κ1) is 13.0. The molecule has 0 aliphatic heterocycles. The maximum atomic E-state index is 11.6. The quantitative estimate of drug-likeness (QED) is 0.676. The maximum absolute atomic E-state index is 11.6. The van der Waals surface area contributed by atoms with Gasteiger partial charge in [0.05, 0.1) is 0 Å². The number of carbonyl (C=O) groups is 2. The number of methoxy groups -OCH3 is 1. The molecule has 5 heteroatoms. The Balaban J connectivity index is 2.45. The second kappa shape index (κ2) is 5.84. The van der Waals surface area contributed by atoms with Gasteiger partial charge >= 0.3 is 5.97 Å². The molecule has 1 fully saturated rings. The highest BCUT2D eigenvalue weighted by atomic mass is 16.5. The summed E-state index contributed by atoms with van der Waals surface area (Å²) >= 11 is 0. The molecule has 1 amide bonds. The Morgan fingerprint density at radius 1 is 1.50 bits per heavy atom. The number of rotatable bonds is 7. The summed E-state index contributed by atoms with van der Waals surface area (Å²) in [6.07, 6.45) is 2.66. The molecule has 0 radical (unpaired) electrons. The molecule has 1 saturated carbocycles. The number of hydrogen-bond donors (Lipinski definition) is 2. The van der Waals surface area contributed by atoms with Crippen molar-refractivity contribution in [2.45, 2.75) is 44.8 Å². The molecule has 0 aromatic rings. The van der Waals surface area contributed by atoms with E-state index in [1.165, 1.54) is 7.11 Å². The van der Waals surface area contributed by atoms with Gasteiger partial charge in [-0.2, -0.15) is 0 Å². The van der Waals surface area contributed by atoms with E-state index in [0.717, 1.165) is 12.8 Å². The van der Waals surface area contributed by atoms with Gasteiger partial charge in [0.1, 0.15) is 12.1 Å². The fourth-order valence-electron chi connectivity index (χ4n) is 1.63. The van der Waals surface area contributed by atoms with Crippen LogP contribution in [0.25, 0.3) is 0 Å². The van der Waals surface area contributed by atoms with Gasteiger partial charge in [0.15, 0.2) is 0 Å². The molecule has 16 heavy (non-hydrogen) atoms. The predicted molar refractivity (Wildman–Crippen MR) is 58.0 cm³/mol. The Kier molecular flexibility index (Phi) is 4.73. The van der Waals surface area contributed by atoms with Crippen molar-refractivity contribution in [3.05, 3.63) is 0 Å². The predicted octanol–water partition coefficient (Wildman–Crippen LogP) is 0.781. The van der Waals surface area contributed by atoms with Gasteiger partial charge in [-0.25, -0.2) is 4.79 Å². The highest BCUT2D eigenvalue weighted by molar-refractivity contribution is 5.86. The molecular formula is C11H19NO4. The third-order valence-corrected chi connectivity index (χ3v) is 2.83. The van der Waals surface area contributed by atoms with E-state index in [-0.39, 0.29) is 5.91 Å². The summed E-state index contributed by atoms with van der Waals surface area (Å²) in [5, 5.41) is 11.5. The normalized spacial score (nSPS) is 18.9. The monoisotopic (exact) mass is 229 g/mol. The van der Waals surface area contributed by atoms with E-state index in [0.29, 0.717) is 18.8 Å². The summed E-state index contributed by atoms with van der Waals surface area (Å²) < 4.78 is 4.96. The molecule has 0 heterocycles. The Hall–Kier alpha value is -1.10. The lowest BCUT2D eigenvalue weighted by Crippen LogP contribution is -2.46. The highest BCUT2D eigenvalue weighted by Crippen LogP contribution is 2.33. The summed E-state index contributed by atoms with van der Waals surface area (Å²) in [6, 6.07) is -0.774. The topological polar surface area (TPSA) is 75.6 Å². The number of ether oxygens (including phenoxy) is 1. The van der Waals surface area contributed by atoms with Crippen molar-refractivity contribution in [3.63, 3.8) is 0 Å². The van der Waals surface area contributed by atoms with E-state index in [2.05, 4.69) is 5.32 Å². The van der Waals surface area contributed by atoms with Crippen LogP contribution in [0, 0.1) is 5.92 Å².